The molecule has 1 heterocycles. The Balaban J connectivity index is 1.71. The van der Waals surface area contributed by atoms with Crippen LogP contribution in [0.3, 0.4) is 0 Å². The molecule has 7 nitrogen and oxygen atoms in total. The Morgan fingerprint density at radius 1 is 1.23 bits per heavy atom. The van der Waals surface area contributed by atoms with E-state index in [1.807, 2.05) is 4.90 Å². The highest BCUT2D eigenvalue weighted by Gasteiger charge is 2.27. The van der Waals surface area contributed by atoms with E-state index in [-0.39, 0.29) is 36.7 Å². The van der Waals surface area contributed by atoms with Crippen LogP contribution < -0.4 is 10.6 Å². The molecule has 2 rings (SSSR count). The fourth-order valence-corrected chi connectivity index (χ4v) is 2.83. The van der Waals surface area contributed by atoms with Crippen molar-refractivity contribution in [3.63, 3.8) is 0 Å². The fraction of sp³-hybridized carbons (Fsp3) is 0.500. The molecule has 1 aromatic rings. The number of carbonyl (C=O) groups is 3. The zero-order valence-electron chi connectivity index (χ0n) is 14.8. The van der Waals surface area contributed by atoms with Gasteiger partial charge in [0.1, 0.15) is 5.82 Å². The predicted molar refractivity (Wildman–Crippen MR) is 93.8 cm³/mol. The first kappa shape index (κ1) is 19.8. The molecule has 26 heavy (non-hydrogen) atoms. The molecule has 0 aromatic heterocycles. The molecule has 1 aliphatic heterocycles. The molecule has 1 fully saturated rings. The summed E-state index contributed by atoms with van der Waals surface area (Å²) < 4.78 is 17.9. The largest absolute Gasteiger partial charge is 0.466 e. The molecule has 1 atom stereocenters. The third-order valence-electron chi connectivity index (χ3n) is 4.07. The lowest BCUT2D eigenvalue weighted by Gasteiger charge is -2.30. The number of likely N-dealkylation sites (tertiary alicyclic amines) is 1. The van der Waals surface area contributed by atoms with Crippen molar-refractivity contribution in [2.24, 2.45) is 5.92 Å². The molecule has 1 aliphatic rings. The van der Waals surface area contributed by atoms with Gasteiger partial charge in [0.2, 0.25) is 11.8 Å². The molecule has 0 unspecified atom stereocenters. The molecule has 1 saturated heterocycles. The van der Waals surface area contributed by atoms with Crippen molar-refractivity contribution < 1.29 is 23.5 Å². The Kier molecular flexibility index (Phi) is 7.53. The number of hydrogen-bond donors (Lipinski definition) is 2. The molecule has 8 heteroatoms. The number of amides is 2. The second kappa shape index (κ2) is 9.86. The lowest BCUT2D eigenvalue weighted by atomic mass is 9.98. The van der Waals surface area contributed by atoms with E-state index in [0.717, 1.165) is 19.4 Å². The van der Waals surface area contributed by atoms with Crippen molar-refractivity contribution in [1.29, 1.82) is 0 Å². The second-order valence-corrected chi connectivity index (χ2v) is 6.16. The maximum Gasteiger partial charge on any atom is 0.310 e. The first-order chi connectivity index (χ1) is 12.5. The van der Waals surface area contributed by atoms with Crippen molar-refractivity contribution in [3.8, 4) is 0 Å². The molecule has 0 radical (unpaired) electrons. The first-order valence-electron chi connectivity index (χ1n) is 8.69. The topological polar surface area (TPSA) is 87.7 Å². The van der Waals surface area contributed by atoms with E-state index in [9.17, 15) is 18.8 Å². The minimum Gasteiger partial charge on any atom is -0.466 e. The average molecular weight is 365 g/mol. The molecule has 142 valence electrons. The normalized spacial score (nSPS) is 17.4. The zero-order chi connectivity index (χ0) is 18.9. The van der Waals surface area contributed by atoms with Crippen molar-refractivity contribution in [1.82, 2.24) is 10.2 Å². The molecular weight excluding hydrogens is 341 g/mol. The van der Waals surface area contributed by atoms with Gasteiger partial charge < -0.3 is 15.4 Å². The summed E-state index contributed by atoms with van der Waals surface area (Å²) in [5.74, 6) is -1.51. The minimum absolute atomic E-state index is 0.125. The summed E-state index contributed by atoms with van der Waals surface area (Å²) in [6.07, 6.45) is 1.58. The van der Waals surface area contributed by atoms with E-state index >= 15 is 0 Å². The van der Waals surface area contributed by atoms with E-state index in [0.29, 0.717) is 18.8 Å². The van der Waals surface area contributed by atoms with Crippen molar-refractivity contribution in [2.75, 3.05) is 38.1 Å². The number of benzene rings is 1. The highest BCUT2D eigenvalue weighted by molar-refractivity contribution is 5.94. The van der Waals surface area contributed by atoms with Crippen LogP contribution in [0.4, 0.5) is 10.1 Å². The van der Waals surface area contributed by atoms with Crippen LogP contribution in [0, 0.1) is 11.7 Å². The molecule has 0 saturated carbocycles. The maximum absolute atomic E-state index is 12.8. The Bertz CT molecular complexity index is 636. The molecule has 0 bridgehead atoms. The second-order valence-electron chi connectivity index (χ2n) is 6.16. The quantitative estimate of drug-likeness (QED) is 0.708. The molecule has 0 spiro atoms. The van der Waals surface area contributed by atoms with Gasteiger partial charge in [-0.2, -0.15) is 0 Å². The Morgan fingerprint density at radius 2 is 1.96 bits per heavy atom. The number of esters is 1. The summed E-state index contributed by atoms with van der Waals surface area (Å²) in [5, 5.41) is 5.12. The third-order valence-corrected chi connectivity index (χ3v) is 4.07. The van der Waals surface area contributed by atoms with Gasteiger partial charge in [-0.15, -0.1) is 0 Å². The number of anilines is 1. The number of halogens is 1. The fourth-order valence-electron chi connectivity index (χ4n) is 2.83. The van der Waals surface area contributed by atoms with E-state index in [1.165, 1.54) is 24.3 Å². The van der Waals surface area contributed by atoms with Crippen LogP contribution in [0.1, 0.15) is 19.8 Å². The van der Waals surface area contributed by atoms with Gasteiger partial charge in [-0.3, -0.25) is 19.3 Å². The number of nitrogens with one attached hydrogen (secondary N) is 2. The summed E-state index contributed by atoms with van der Waals surface area (Å²) in [7, 11) is 0. The highest BCUT2D eigenvalue weighted by atomic mass is 19.1. The van der Waals surface area contributed by atoms with Crippen LogP contribution in [0.2, 0.25) is 0 Å². The first-order valence-corrected chi connectivity index (χ1v) is 8.69. The Hall–Kier alpha value is -2.48. The van der Waals surface area contributed by atoms with E-state index in [4.69, 9.17) is 4.74 Å². The Morgan fingerprint density at radius 3 is 2.65 bits per heavy atom. The van der Waals surface area contributed by atoms with Gasteiger partial charge >= 0.3 is 5.97 Å². The van der Waals surface area contributed by atoms with Crippen molar-refractivity contribution in [2.45, 2.75) is 19.8 Å². The summed E-state index contributed by atoms with van der Waals surface area (Å²) in [6.45, 7) is 3.27. The average Bonchev–Trinajstić information content (AvgIpc) is 2.62. The molecular formula is C18H24FN3O4. The number of hydrogen-bond acceptors (Lipinski definition) is 5. The third kappa shape index (κ3) is 6.44. The predicted octanol–water partition coefficient (Wildman–Crippen LogP) is 1.16. The Labute approximate surface area is 151 Å². The summed E-state index contributed by atoms with van der Waals surface area (Å²) in [6, 6.07) is 5.37. The van der Waals surface area contributed by atoms with Gasteiger partial charge in [-0.25, -0.2) is 4.39 Å². The van der Waals surface area contributed by atoms with E-state index < -0.39 is 5.91 Å². The summed E-state index contributed by atoms with van der Waals surface area (Å²) >= 11 is 0. The van der Waals surface area contributed by atoms with Gasteiger partial charge in [0, 0.05) is 12.2 Å². The molecule has 2 N–H and O–H groups in total. The van der Waals surface area contributed by atoms with Crippen LogP contribution in [-0.4, -0.2) is 55.5 Å². The van der Waals surface area contributed by atoms with Crippen LogP contribution in [0.15, 0.2) is 24.3 Å². The number of nitrogens with zero attached hydrogens (tertiary/aromatic N) is 1. The van der Waals surface area contributed by atoms with Gasteiger partial charge in [0.05, 0.1) is 25.6 Å². The SMILES string of the molecule is CCOC(=O)[C@@H]1CCCN(CC(=O)NCC(=O)Nc2ccc(F)cc2)C1. The zero-order valence-corrected chi connectivity index (χ0v) is 14.8. The van der Waals surface area contributed by atoms with Gasteiger partial charge in [-0.1, -0.05) is 0 Å². The number of ether oxygens (including phenoxy) is 1. The van der Waals surface area contributed by atoms with Crippen LogP contribution in [0.5, 0.6) is 0 Å². The van der Waals surface area contributed by atoms with Gasteiger partial charge in [-0.05, 0) is 50.6 Å². The smallest absolute Gasteiger partial charge is 0.310 e. The summed E-state index contributed by atoms with van der Waals surface area (Å²) in [5.41, 5.74) is 0.457. The monoisotopic (exact) mass is 365 g/mol. The molecule has 0 aliphatic carbocycles. The van der Waals surface area contributed by atoms with E-state index in [1.54, 1.807) is 6.92 Å². The van der Waals surface area contributed by atoms with Crippen LogP contribution >= 0.6 is 0 Å². The van der Waals surface area contributed by atoms with Crippen molar-refractivity contribution in [3.05, 3.63) is 30.1 Å². The molecule has 1 aromatic carbocycles. The van der Waals surface area contributed by atoms with Crippen LogP contribution in [0.25, 0.3) is 0 Å². The number of rotatable bonds is 7. The highest BCUT2D eigenvalue weighted by Crippen LogP contribution is 2.17. The van der Waals surface area contributed by atoms with Gasteiger partial charge in [0.15, 0.2) is 0 Å². The standard InChI is InChI=1S/C18H24FN3O4/c1-2-26-18(25)13-4-3-9-22(11-13)12-17(24)20-10-16(23)21-15-7-5-14(19)6-8-15/h5-8,13H,2-4,9-12H2,1H3,(H,20,24)(H,21,23)/t13-/m1/s1. The molecule has 2 amide bonds. The lowest BCUT2D eigenvalue weighted by molar-refractivity contribution is -0.150. The van der Waals surface area contributed by atoms with Crippen molar-refractivity contribution >= 4 is 23.5 Å². The van der Waals surface area contributed by atoms with Crippen LogP contribution in [-0.2, 0) is 19.1 Å². The number of carbonyl (C=O) groups excluding carboxylic acids is 3. The number of piperidine rings is 1. The lowest BCUT2D eigenvalue weighted by Crippen LogP contribution is -2.45. The van der Waals surface area contributed by atoms with E-state index in [2.05, 4.69) is 10.6 Å². The maximum atomic E-state index is 12.8. The summed E-state index contributed by atoms with van der Waals surface area (Å²) in [4.78, 5) is 37.5. The van der Waals surface area contributed by atoms with Gasteiger partial charge in [0.25, 0.3) is 0 Å². The minimum atomic E-state index is -0.395.